The Bertz CT molecular complexity index is 1210. The number of halogens is 2. The average molecular weight is 534 g/mol. The van der Waals surface area contributed by atoms with Gasteiger partial charge in [0.2, 0.25) is 11.1 Å². The lowest BCUT2D eigenvalue weighted by Gasteiger charge is -2.09. The number of phenolic OH excluding ortho intramolecular Hbond substituents is 1. The lowest BCUT2D eigenvalue weighted by atomic mass is 10.1. The summed E-state index contributed by atoms with van der Waals surface area (Å²) in [5.41, 5.74) is 1.29. The van der Waals surface area contributed by atoms with Crippen LogP contribution in [0.15, 0.2) is 68.7 Å². The van der Waals surface area contributed by atoms with Gasteiger partial charge in [-0.25, -0.2) is 4.98 Å². The van der Waals surface area contributed by atoms with Gasteiger partial charge in [-0.1, -0.05) is 67.9 Å². The van der Waals surface area contributed by atoms with Crippen molar-refractivity contribution in [1.82, 2.24) is 15.2 Å². The van der Waals surface area contributed by atoms with Crippen LogP contribution in [0.1, 0.15) is 0 Å². The molecule has 9 heteroatoms. The molecule has 4 aromatic rings. The number of amides is 1. The molecule has 4 rings (SSSR count). The summed E-state index contributed by atoms with van der Waals surface area (Å²) in [4.78, 5) is 16.8. The van der Waals surface area contributed by atoms with Crippen molar-refractivity contribution in [2.75, 3.05) is 11.1 Å². The van der Waals surface area contributed by atoms with Gasteiger partial charge in [-0.15, -0.1) is 5.10 Å². The van der Waals surface area contributed by atoms with E-state index in [1.807, 2.05) is 36.4 Å². The second-order valence-corrected chi connectivity index (χ2v) is 8.82. The van der Waals surface area contributed by atoms with E-state index in [-0.39, 0.29) is 17.4 Å². The number of nitrogens with one attached hydrogen (secondary N) is 2. The Kier molecular flexibility index (Phi) is 5.89. The van der Waals surface area contributed by atoms with E-state index in [0.717, 1.165) is 25.4 Å². The summed E-state index contributed by atoms with van der Waals surface area (Å²) >= 11 is 8.11. The molecular weight excluding hydrogens is 520 g/mol. The number of phenols is 1. The molecule has 3 aromatic carbocycles. The van der Waals surface area contributed by atoms with Crippen molar-refractivity contribution in [2.24, 2.45) is 0 Å². The molecule has 0 spiro atoms. The van der Waals surface area contributed by atoms with Crippen LogP contribution in [-0.2, 0) is 4.79 Å². The fourth-order valence-electron chi connectivity index (χ4n) is 2.82. The number of H-pyrrole nitrogens is 1. The predicted octanol–water partition coefficient (Wildman–Crippen LogP) is 5.59. The summed E-state index contributed by atoms with van der Waals surface area (Å²) in [5, 5.41) is 22.3. The lowest BCUT2D eigenvalue weighted by molar-refractivity contribution is -0.113. The number of fused-ring (bicyclic) bond motifs is 1. The Morgan fingerprint density at radius 2 is 1.90 bits per heavy atom. The average Bonchev–Trinajstić information content (AvgIpc) is 3.19. The summed E-state index contributed by atoms with van der Waals surface area (Å²) in [6.45, 7) is 0. The van der Waals surface area contributed by atoms with Gasteiger partial charge < -0.3 is 10.4 Å². The highest BCUT2D eigenvalue weighted by Gasteiger charge is 2.13. The number of carbonyl (C=O) groups excluding carboxylic acids is 1. The first-order valence-corrected chi connectivity index (χ1v) is 11.1. The molecule has 0 atom stereocenters. The van der Waals surface area contributed by atoms with Crippen molar-refractivity contribution in [1.29, 1.82) is 0 Å². The van der Waals surface area contributed by atoms with E-state index in [4.69, 9.17) is 0 Å². The summed E-state index contributed by atoms with van der Waals surface area (Å²) in [7, 11) is 0. The maximum Gasteiger partial charge on any atom is 0.234 e. The van der Waals surface area contributed by atoms with Crippen LogP contribution >= 0.6 is 43.6 Å². The second kappa shape index (κ2) is 8.56. The number of hydrogen-bond donors (Lipinski definition) is 3. The SMILES string of the molecule is O=C(CSc1n[nH]c(-c2cc(Br)ccc2O)n1)Nc1ccc(Br)c2ccccc12. The zero-order valence-corrected chi connectivity index (χ0v) is 18.8. The number of hydrogen-bond acceptors (Lipinski definition) is 5. The number of nitrogens with zero attached hydrogens (tertiary/aromatic N) is 2. The van der Waals surface area contributed by atoms with Gasteiger partial charge in [0.1, 0.15) is 5.75 Å². The molecule has 3 N–H and O–H groups in total. The molecule has 29 heavy (non-hydrogen) atoms. The van der Waals surface area contributed by atoms with Gasteiger partial charge >= 0.3 is 0 Å². The third kappa shape index (κ3) is 4.47. The number of aromatic amines is 1. The molecular formula is C20H14Br2N4O2S. The van der Waals surface area contributed by atoms with E-state index in [2.05, 4.69) is 52.4 Å². The van der Waals surface area contributed by atoms with Crippen LogP contribution in [0.25, 0.3) is 22.2 Å². The summed E-state index contributed by atoms with van der Waals surface area (Å²) < 4.78 is 1.79. The van der Waals surface area contributed by atoms with Gasteiger partial charge in [-0.2, -0.15) is 0 Å². The topological polar surface area (TPSA) is 90.9 Å². The van der Waals surface area contributed by atoms with Crippen LogP contribution in [0, 0.1) is 0 Å². The zero-order valence-electron chi connectivity index (χ0n) is 14.8. The van der Waals surface area contributed by atoms with Crippen LogP contribution in [0.5, 0.6) is 5.75 Å². The smallest absolute Gasteiger partial charge is 0.234 e. The molecule has 0 aliphatic heterocycles. The van der Waals surface area contributed by atoms with Crippen LogP contribution in [0.2, 0.25) is 0 Å². The Hall–Kier alpha value is -2.36. The molecule has 0 fully saturated rings. The molecule has 0 saturated heterocycles. The van der Waals surface area contributed by atoms with Gasteiger partial charge in [0, 0.05) is 20.0 Å². The van der Waals surface area contributed by atoms with Gasteiger partial charge in [-0.3, -0.25) is 9.89 Å². The summed E-state index contributed by atoms with van der Waals surface area (Å²) in [6, 6.07) is 16.7. The minimum atomic E-state index is -0.154. The highest BCUT2D eigenvalue weighted by molar-refractivity contribution is 9.11. The number of thioether (sulfide) groups is 1. The fraction of sp³-hybridized carbons (Fsp3) is 0.0500. The molecule has 0 aliphatic carbocycles. The van der Waals surface area contributed by atoms with E-state index in [1.54, 1.807) is 18.2 Å². The zero-order chi connectivity index (χ0) is 20.4. The van der Waals surface area contributed by atoms with E-state index in [9.17, 15) is 9.90 Å². The molecule has 1 aromatic heterocycles. The minimum absolute atomic E-state index is 0.0979. The first kappa shape index (κ1) is 19.9. The molecule has 1 heterocycles. The van der Waals surface area contributed by atoms with Crippen LogP contribution in [0.3, 0.4) is 0 Å². The Labute approximate surface area is 187 Å². The van der Waals surface area contributed by atoms with Gasteiger partial charge in [0.25, 0.3) is 0 Å². The van der Waals surface area contributed by atoms with E-state index < -0.39 is 0 Å². The van der Waals surface area contributed by atoms with E-state index in [0.29, 0.717) is 16.5 Å². The van der Waals surface area contributed by atoms with Crippen molar-refractivity contribution >= 4 is 66.0 Å². The minimum Gasteiger partial charge on any atom is -0.507 e. The van der Waals surface area contributed by atoms with Crippen molar-refractivity contribution in [3.05, 3.63) is 63.5 Å². The standard InChI is InChI=1S/C20H14Br2N4O2S/c21-11-5-8-17(27)14(9-11)19-24-20(26-25-19)29-10-18(28)23-16-7-6-15(22)12-3-1-2-4-13(12)16/h1-9,27H,10H2,(H,23,28)(H,24,25,26). The molecule has 0 aliphatic rings. The third-order valence-electron chi connectivity index (χ3n) is 4.16. The number of aromatic hydroxyl groups is 1. The Morgan fingerprint density at radius 3 is 2.72 bits per heavy atom. The molecule has 0 saturated carbocycles. The van der Waals surface area contributed by atoms with Crippen molar-refractivity contribution in [3.8, 4) is 17.1 Å². The first-order chi connectivity index (χ1) is 14.0. The number of rotatable bonds is 5. The number of benzene rings is 3. The number of anilines is 1. The van der Waals surface area contributed by atoms with E-state index in [1.165, 1.54) is 11.8 Å². The van der Waals surface area contributed by atoms with Crippen LogP contribution in [0.4, 0.5) is 5.69 Å². The first-order valence-electron chi connectivity index (χ1n) is 8.52. The molecule has 6 nitrogen and oxygen atoms in total. The number of aromatic nitrogens is 3. The molecule has 146 valence electrons. The Balaban J connectivity index is 1.44. The molecule has 0 unspecified atom stereocenters. The van der Waals surface area contributed by atoms with E-state index >= 15 is 0 Å². The maximum absolute atomic E-state index is 12.4. The third-order valence-corrected chi connectivity index (χ3v) is 6.19. The highest BCUT2D eigenvalue weighted by Crippen LogP contribution is 2.31. The quantitative estimate of drug-likeness (QED) is 0.291. The molecule has 0 radical (unpaired) electrons. The van der Waals surface area contributed by atoms with Gasteiger partial charge in [0.05, 0.1) is 11.3 Å². The van der Waals surface area contributed by atoms with Crippen LogP contribution < -0.4 is 5.32 Å². The fourth-order valence-corrected chi connectivity index (χ4v) is 4.25. The summed E-state index contributed by atoms with van der Waals surface area (Å²) in [6.07, 6.45) is 0. The molecule has 0 bridgehead atoms. The number of carbonyl (C=O) groups is 1. The van der Waals surface area contributed by atoms with Crippen LogP contribution in [-0.4, -0.2) is 31.9 Å². The summed E-state index contributed by atoms with van der Waals surface area (Å²) in [5.74, 6) is 0.539. The van der Waals surface area contributed by atoms with Gasteiger partial charge in [0.15, 0.2) is 5.82 Å². The Morgan fingerprint density at radius 1 is 1.10 bits per heavy atom. The largest absolute Gasteiger partial charge is 0.507 e. The highest BCUT2D eigenvalue weighted by atomic mass is 79.9. The monoisotopic (exact) mass is 532 g/mol. The maximum atomic E-state index is 12.4. The predicted molar refractivity (Wildman–Crippen MR) is 122 cm³/mol. The van der Waals surface area contributed by atoms with Crippen molar-refractivity contribution < 1.29 is 9.90 Å². The second-order valence-electron chi connectivity index (χ2n) is 6.11. The van der Waals surface area contributed by atoms with Crippen molar-refractivity contribution in [3.63, 3.8) is 0 Å². The molecule has 1 amide bonds. The van der Waals surface area contributed by atoms with Gasteiger partial charge in [-0.05, 0) is 35.7 Å². The normalized spacial score (nSPS) is 11.0. The lowest BCUT2D eigenvalue weighted by Crippen LogP contribution is -2.14. The van der Waals surface area contributed by atoms with Crippen molar-refractivity contribution in [2.45, 2.75) is 5.16 Å².